The normalized spacial score (nSPS) is 15.4. The lowest BCUT2D eigenvalue weighted by atomic mass is 10.0. The number of allylic oxidation sites excluding steroid dienone is 3. The van der Waals surface area contributed by atoms with Crippen LogP contribution in [0.15, 0.2) is 23.4 Å². The van der Waals surface area contributed by atoms with Gasteiger partial charge in [0.05, 0.1) is 0 Å². The summed E-state index contributed by atoms with van der Waals surface area (Å²) in [5, 5.41) is 2.94. The number of nitrogens with two attached hydrogens (primary N) is 1. The van der Waals surface area contributed by atoms with Gasteiger partial charge in [-0.05, 0) is 44.7 Å². The van der Waals surface area contributed by atoms with E-state index in [0.717, 1.165) is 37.0 Å². The first-order valence-corrected chi connectivity index (χ1v) is 5.94. The summed E-state index contributed by atoms with van der Waals surface area (Å²) in [6.07, 6.45) is 10.6. The van der Waals surface area contributed by atoms with Crippen molar-refractivity contribution in [2.75, 3.05) is 6.54 Å². The Morgan fingerprint density at radius 1 is 1.44 bits per heavy atom. The van der Waals surface area contributed by atoms with Gasteiger partial charge in [0.2, 0.25) is 5.91 Å². The third-order valence-electron chi connectivity index (χ3n) is 2.65. The molecule has 89 valence electrons. The Morgan fingerprint density at radius 3 is 2.94 bits per heavy atom. The van der Waals surface area contributed by atoms with Crippen LogP contribution in [0.25, 0.3) is 0 Å². The molecule has 3 heteroatoms. The van der Waals surface area contributed by atoms with Crippen LogP contribution in [0.2, 0.25) is 0 Å². The maximum atomic E-state index is 11.6. The van der Waals surface area contributed by atoms with Gasteiger partial charge in [-0.3, -0.25) is 4.79 Å². The molecule has 0 saturated carbocycles. The highest BCUT2D eigenvalue weighted by atomic mass is 16.1. The SMILES string of the molecule is CC1=CC[CH]C=C1NC(=O)CCCCCN. The number of carbonyl (C=O) groups excluding carboxylic acids is 1. The molecule has 0 fully saturated rings. The van der Waals surface area contributed by atoms with E-state index >= 15 is 0 Å². The molecule has 0 aromatic rings. The van der Waals surface area contributed by atoms with Crippen LogP contribution in [0.3, 0.4) is 0 Å². The zero-order chi connectivity index (χ0) is 11.8. The fraction of sp³-hybridized carbons (Fsp3) is 0.538. The molecule has 1 aliphatic rings. The van der Waals surface area contributed by atoms with Crippen LogP contribution in [0.1, 0.15) is 39.0 Å². The predicted molar refractivity (Wildman–Crippen MR) is 66.4 cm³/mol. The fourth-order valence-electron chi connectivity index (χ4n) is 1.63. The number of amides is 1. The van der Waals surface area contributed by atoms with Crippen molar-refractivity contribution < 1.29 is 4.79 Å². The smallest absolute Gasteiger partial charge is 0.224 e. The topological polar surface area (TPSA) is 55.1 Å². The van der Waals surface area contributed by atoms with E-state index in [2.05, 4.69) is 17.8 Å². The standard InChI is InChI=1S/C13H21N2O/c1-11-7-4-5-8-12(11)15-13(16)9-3-2-6-10-14/h5,7-8H,2-4,6,9-10,14H2,1H3,(H,15,16). The molecule has 0 aromatic carbocycles. The highest BCUT2D eigenvalue weighted by molar-refractivity contribution is 5.78. The van der Waals surface area contributed by atoms with Crippen LogP contribution in [0.5, 0.6) is 0 Å². The second-order valence-corrected chi connectivity index (χ2v) is 4.09. The summed E-state index contributed by atoms with van der Waals surface area (Å²) >= 11 is 0. The molecule has 0 heterocycles. The summed E-state index contributed by atoms with van der Waals surface area (Å²) in [5.41, 5.74) is 7.48. The van der Waals surface area contributed by atoms with Gasteiger partial charge < -0.3 is 11.1 Å². The van der Waals surface area contributed by atoms with Crippen LogP contribution >= 0.6 is 0 Å². The van der Waals surface area contributed by atoms with E-state index in [1.54, 1.807) is 0 Å². The largest absolute Gasteiger partial charge is 0.330 e. The first-order valence-electron chi connectivity index (χ1n) is 5.94. The molecule has 1 rings (SSSR count). The lowest BCUT2D eigenvalue weighted by Crippen LogP contribution is -2.23. The summed E-state index contributed by atoms with van der Waals surface area (Å²) in [6, 6.07) is 0. The lowest BCUT2D eigenvalue weighted by Gasteiger charge is -2.13. The minimum absolute atomic E-state index is 0.103. The predicted octanol–water partition coefficient (Wildman–Crippen LogP) is 2.06. The van der Waals surface area contributed by atoms with Crippen molar-refractivity contribution in [1.29, 1.82) is 0 Å². The molecule has 0 bridgehead atoms. The van der Waals surface area contributed by atoms with E-state index in [1.807, 2.05) is 13.0 Å². The molecular weight excluding hydrogens is 200 g/mol. The third kappa shape index (κ3) is 4.62. The minimum Gasteiger partial charge on any atom is -0.330 e. The van der Waals surface area contributed by atoms with E-state index in [0.29, 0.717) is 13.0 Å². The van der Waals surface area contributed by atoms with Crippen LogP contribution in [0.4, 0.5) is 0 Å². The van der Waals surface area contributed by atoms with Crippen molar-refractivity contribution in [2.45, 2.75) is 39.0 Å². The number of unbranched alkanes of at least 4 members (excludes halogenated alkanes) is 2. The van der Waals surface area contributed by atoms with Crippen LogP contribution in [0, 0.1) is 6.42 Å². The maximum Gasteiger partial charge on any atom is 0.224 e. The average Bonchev–Trinajstić information content (AvgIpc) is 2.28. The Bertz CT molecular complexity index is 292. The van der Waals surface area contributed by atoms with Crippen LogP contribution in [-0.2, 0) is 4.79 Å². The number of carbonyl (C=O) groups is 1. The summed E-state index contributed by atoms with van der Waals surface area (Å²) in [4.78, 5) is 11.6. The minimum atomic E-state index is 0.103. The van der Waals surface area contributed by atoms with Gasteiger partial charge in [0, 0.05) is 12.1 Å². The van der Waals surface area contributed by atoms with Gasteiger partial charge in [-0.15, -0.1) is 0 Å². The Hall–Kier alpha value is -1.09. The molecule has 0 aromatic heterocycles. The molecule has 16 heavy (non-hydrogen) atoms. The van der Waals surface area contributed by atoms with Gasteiger partial charge in [-0.1, -0.05) is 18.6 Å². The van der Waals surface area contributed by atoms with Crippen LogP contribution in [-0.4, -0.2) is 12.5 Å². The van der Waals surface area contributed by atoms with Gasteiger partial charge in [0.1, 0.15) is 0 Å². The average molecular weight is 221 g/mol. The van der Waals surface area contributed by atoms with E-state index in [-0.39, 0.29) is 5.91 Å². The van der Waals surface area contributed by atoms with Crippen molar-refractivity contribution in [1.82, 2.24) is 5.32 Å². The number of hydrogen-bond acceptors (Lipinski definition) is 2. The summed E-state index contributed by atoms with van der Waals surface area (Å²) < 4.78 is 0. The maximum absolute atomic E-state index is 11.6. The Kier molecular flexibility index (Phi) is 5.86. The molecule has 0 unspecified atom stereocenters. The molecule has 3 nitrogen and oxygen atoms in total. The molecule has 3 N–H and O–H groups in total. The molecule has 0 saturated heterocycles. The van der Waals surface area contributed by atoms with E-state index in [1.165, 1.54) is 0 Å². The monoisotopic (exact) mass is 221 g/mol. The van der Waals surface area contributed by atoms with Gasteiger partial charge >= 0.3 is 0 Å². The Balaban J connectivity index is 2.23. The molecule has 0 atom stereocenters. The van der Waals surface area contributed by atoms with Gasteiger partial charge in [0.25, 0.3) is 0 Å². The fourth-order valence-corrected chi connectivity index (χ4v) is 1.63. The van der Waals surface area contributed by atoms with Crippen molar-refractivity contribution in [2.24, 2.45) is 5.73 Å². The van der Waals surface area contributed by atoms with Crippen LogP contribution < -0.4 is 11.1 Å². The lowest BCUT2D eigenvalue weighted by molar-refractivity contribution is -0.120. The summed E-state index contributed by atoms with van der Waals surface area (Å²) in [6.45, 7) is 2.73. The Labute approximate surface area is 97.8 Å². The van der Waals surface area contributed by atoms with Crippen molar-refractivity contribution >= 4 is 5.91 Å². The summed E-state index contributed by atoms with van der Waals surface area (Å²) in [5.74, 6) is 0.103. The van der Waals surface area contributed by atoms with Gasteiger partial charge in [-0.25, -0.2) is 0 Å². The molecule has 1 radical (unpaired) electrons. The molecule has 1 amide bonds. The van der Waals surface area contributed by atoms with Gasteiger partial charge in [0.15, 0.2) is 0 Å². The highest BCUT2D eigenvalue weighted by Gasteiger charge is 2.08. The second kappa shape index (κ2) is 7.23. The van der Waals surface area contributed by atoms with Crippen molar-refractivity contribution in [3.63, 3.8) is 0 Å². The number of hydrogen-bond donors (Lipinski definition) is 2. The quantitative estimate of drug-likeness (QED) is 0.674. The summed E-state index contributed by atoms with van der Waals surface area (Å²) in [7, 11) is 0. The van der Waals surface area contributed by atoms with Crippen molar-refractivity contribution in [3.05, 3.63) is 29.8 Å². The first kappa shape index (κ1) is 13.0. The zero-order valence-electron chi connectivity index (χ0n) is 9.96. The molecule has 0 spiro atoms. The first-order chi connectivity index (χ1) is 7.74. The third-order valence-corrected chi connectivity index (χ3v) is 2.65. The zero-order valence-corrected chi connectivity index (χ0v) is 9.96. The second-order valence-electron chi connectivity index (χ2n) is 4.09. The van der Waals surface area contributed by atoms with Crippen molar-refractivity contribution in [3.8, 4) is 0 Å². The Morgan fingerprint density at radius 2 is 2.25 bits per heavy atom. The molecular formula is C13H21N2O. The van der Waals surface area contributed by atoms with Gasteiger partial charge in [-0.2, -0.15) is 0 Å². The van der Waals surface area contributed by atoms with E-state index in [4.69, 9.17) is 5.73 Å². The molecule has 1 aliphatic carbocycles. The number of rotatable bonds is 6. The highest BCUT2D eigenvalue weighted by Crippen LogP contribution is 2.15. The van der Waals surface area contributed by atoms with E-state index in [9.17, 15) is 4.79 Å². The molecule has 0 aliphatic heterocycles. The van der Waals surface area contributed by atoms with E-state index < -0.39 is 0 Å². The number of nitrogens with one attached hydrogen (secondary N) is 1.